The van der Waals surface area contributed by atoms with Crippen molar-refractivity contribution in [3.05, 3.63) is 77.7 Å². The molecule has 5 nitrogen and oxygen atoms in total. The molecule has 0 atom stereocenters. The van der Waals surface area contributed by atoms with Gasteiger partial charge in [0.15, 0.2) is 0 Å². The lowest BCUT2D eigenvalue weighted by Crippen LogP contribution is -2.11. The van der Waals surface area contributed by atoms with E-state index in [4.69, 9.17) is 21.7 Å². The molecule has 0 spiro atoms. The molecule has 0 amide bonds. The minimum Gasteiger partial charge on any atom is -0.251 e. The SMILES string of the molecule is NS(=O)(=O)c1ccc(-c2sc(-c3ccc(F)cn3)nc2-c2ccc(Cl)cc2)cc1. The maximum absolute atomic E-state index is 13.2. The Morgan fingerprint density at radius 3 is 2.17 bits per heavy atom. The number of nitrogens with zero attached hydrogens (tertiary/aromatic N) is 2. The molecule has 0 fully saturated rings. The van der Waals surface area contributed by atoms with Crippen molar-refractivity contribution in [2.75, 3.05) is 0 Å². The minimum atomic E-state index is -3.78. The van der Waals surface area contributed by atoms with Crippen molar-refractivity contribution < 1.29 is 12.8 Å². The summed E-state index contributed by atoms with van der Waals surface area (Å²) in [5.74, 6) is -0.429. The first kappa shape index (κ1) is 19.7. The summed E-state index contributed by atoms with van der Waals surface area (Å²) < 4.78 is 36.3. The number of rotatable bonds is 4. The zero-order valence-corrected chi connectivity index (χ0v) is 17.1. The van der Waals surface area contributed by atoms with Gasteiger partial charge in [0.05, 0.1) is 27.4 Å². The third-order valence-corrected chi connectivity index (χ3v) is 6.44. The van der Waals surface area contributed by atoms with Crippen LogP contribution in [-0.4, -0.2) is 18.4 Å². The number of sulfonamides is 1. The Morgan fingerprint density at radius 1 is 0.931 bits per heavy atom. The number of halogens is 2. The number of primary sulfonamides is 1. The number of nitrogens with two attached hydrogens (primary N) is 1. The second kappa shape index (κ2) is 7.64. The van der Waals surface area contributed by atoms with Gasteiger partial charge in [-0.1, -0.05) is 35.9 Å². The molecule has 0 radical (unpaired) electrons. The van der Waals surface area contributed by atoms with Crippen molar-refractivity contribution in [1.29, 1.82) is 0 Å². The van der Waals surface area contributed by atoms with E-state index in [1.165, 1.54) is 29.5 Å². The van der Waals surface area contributed by atoms with E-state index < -0.39 is 15.8 Å². The fraction of sp³-hybridized carbons (Fsp3) is 0. The van der Waals surface area contributed by atoms with E-state index in [0.29, 0.717) is 21.4 Å². The Balaban J connectivity index is 1.86. The smallest absolute Gasteiger partial charge is 0.238 e. The molecule has 0 aliphatic carbocycles. The number of thiazole rings is 1. The van der Waals surface area contributed by atoms with Crippen LogP contribution in [0.1, 0.15) is 0 Å². The lowest BCUT2D eigenvalue weighted by Gasteiger charge is -2.04. The Labute approximate surface area is 175 Å². The molecule has 4 rings (SSSR count). The minimum absolute atomic E-state index is 0.0271. The predicted octanol–water partition coefficient (Wildman–Crippen LogP) is 4.98. The largest absolute Gasteiger partial charge is 0.251 e. The van der Waals surface area contributed by atoms with Crippen LogP contribution in [0, 0.1) is 5.82 Å². The third-order valence-electron chi connectivity index (χ3n) is 4.14. The summed E-state index contributed by atoms with van der Waals surface area (Å²) in [6.45, 7) is 0. The normalized spacial score (nSPS) is 11.6. The van der Waals surface area contributed by atoms with E-state index in [1.807, 2.05) is 12.1 Å². The van der Waals surface area contributed by atoms with Crippen LogP contribution in [0.5, 0.6) is 0 Å². The van der Waals surface area contributed by atoms with Crippen LogP contribution in [0.3, 0.4) is 0 Å². The van der Waals surface area contributed by atoms with Crippen LogP contribution in [0.2, 0.25) is 5.02 Å². The lowest BCUT2D eigenvalue weighted by atomic mass is 10.1. The maximum Gasteiger partial charge on any atom is 0.238 e. The molecule has 0 saturated carbocycles. The first-order valence-corrected chi connectivity index (χ1v) is 11.1. The van der Waals surface area contributed by atoms with E-state index in [9.17, 15) is 12.8 Å². The molecule has 29 heavy (non-hydrogen) atoms. The summed E-state index contributed by atoms with van der Waals surface area (Å²) in [5, 5.41) is 6.40. The number of pyridine rings is 1. The molecule has 0 saturated heterocycles. The molecule has 0 bridgehead atoms. The van der Waals surface area contributed by atoms with E-state index >= 15 is 0 Å². The summed E-state index contributed by atoms with van der Waals surface area (Å²) >= 11 is 7.37. The summed E-state index contributed by atoms with van der Waals surface area (Å²) in [7, 11) is -3.78. The van der Waals surface area contributed by atoms with Crippen LogP contribution in [0.25, 0.3) is 32.4 Å². The topological polar surface area (TPSA) is 85.9 Å². The van der Waals surface area contributed by atoms with Crippen LogP contribution in [0.4, 0.5) is 4.39 Å². The molecule has 2 N–H and O–H groups in total. The van der Waals surface area contributed by atoms with Gasteiger partial charge in [-0.25, -0.2) is 22.9 Å². The molecule has 146 valence electrons. The quantitative estimate of drug-likeness (QED) is 0.480. The zero-order valence-electron chi connectivity index (χ0n) is 14.7. The van der Waals surface area contributed by atoms with Gasteiger partial charge in [-0.3, -0.25) is 4.98 Å². The molecule has 0 aliphatic rings. The molecule has 0 unspecified atom stereocenters. The second-order valence-corrected chi connectivity index (χ2v) is 9.13. The molecule has 2 heterocycles. The van der Waals surface area contributed by atoms with Gasteiger partial charge in [0.2, 0.25) is 10.0 Å². The predicted molar refractivity (Wildman–Crippen MR) is 113 cm³/mol. The monoisotopic (exact) mass is 445 g/mol. The fourth-order valence-corrected chi connectivity index (χ4v) is 4.44. The molecule has 2 aromatic heterocycles. The van der Waals surface area contributed by atoms with Gasteiger partial charge in [0.25, 0.3) is 0 Å². The first-order valence-electron chi connectivity index (χ1n) is 8.33. The van der Waals surface area contributed by atoms with Gasteiger partial charge in [-0.2, -0.15) is 0 Å². The zero-order chi connectivity index (χ0) is 20.6. The van der Waals surface area contributed by atoms with Gasteiger partial charge in [-0.15, -0.1) is 11.3 Å². The van der Waals surface area contributed by atoms with Gasteiger partial charge in [0.1, 0.15) is 10.8 Å². The van der Waals surface area contributed by atoms with Crippen LogP contribution in [0.15, 0.2) is 71.8 Å². The van der Waals surface area contributed by atoms with Gasteiger partial charge >= 0.3 is 0 Å². The van der Waals surface area contributed by atoms with Crippen LogP contribution >= 0.6 is 22.9 Å². The molecule has 2 aromatic carbocycles. The molecule has 9 heteroatoms. The summed E-state index contributed by atoms with van der Waals surface area (Å²) in [6.07, 6.45) is 1.14. The number of hydrogen-bond donors (Lipinski definition) is 1. The van der Waals surface area contributed by atoms with E-state index in [-0.39, 0.29) is 4.90 Å². The Hall–Kier alpha value is -2.65. The van der Waals surface area contributed by atoms with E-state index in [0.717, 1.165) is 22.2 Å². The van der Waals surface area contributed by atoms with Crippen molar-refractivity contribution in [2.24, 2.45) is 5.14 Å². The highest BCUT2D eigenvalue weighted by atomic mass is 35.5. The Kier molecular flexibility index (Phi) is 5.18. The second-order valence-electron chi connectivity index (χ2n) is 6.13. The summed E-state index contributed by atoms with van der Waals surface area (Å²) in [4.78, 5) is 9.65. The first-order chi connectivity index (χ1) is 13.8. The molecule has 4 aromatic rings. The van der Waals surface area contributed by atoms with Crippen molar-refractivity contribution in [1.82, 2.24) is 9.97 Å². The van der Waals surface area contributed by atoms with Crippen molar-refractivity contribution in [3.8, 4) is 32.4 Å². The van der Waals surface area contributed by atoms with Crippen molar-refractivity contribution in [2.45, 2.75) is 4.90 Å². The van der Waals surface area contributed by atoms with Gasteiger partial charge in [-0.05, 0) is 42.0 Å². The number of aromatic nitrogens is 2. The average Bonchev–Trinajstić information content (AvgIpc) is 3.14. The van der Waals surface area contributed by atoms with Gasteiger partial charge in [0, 0.05) is 10.6 Å². The summed E-state index contributed by atoms with van der Waals surface area (Å²) in [6, 6.07) is 16.4. The molecular formula is C20H13ClFN3O2S2. The van der Waals surface area contributed by atoms with Crippen LogP contribution < -0.4 is 5.14 Å². The summed E-state index contributed by atoms with van der Waals surface area (Å²) in [5.41, 5.74) is 2.84. The third kappa shape index (κ3) is 4.20. The Bertz CT molecular complexity index is 1270. The number of hydrogen-bond acceptors (Lipinski definition) is 5. The highest BCUT2D eigenvalue weighted by molar-refractivity contribution is 7.89. The average molecular weight is 446 g/mol. The maximum atomic E-state index is 13.2. The van der Waals surface area contributed by atoms with E-state index in [1.54, 1.807) is 30.3 Å². The molecular weight excluding hydrogens is 433 g/mol. The Morgan fingerprint density at radius 2 is 1.59 bits per heavy atom. The highest BCUT2D eigenvalue weighted by Gasteiger charge is 2.18. The van der Waals surface area contributed by atoms with Crippen molar-refractivity contribution in [3.63, 3.8) is 0 Å². The van der Waals surface area contributed by atoms with Crippen LogP contribution in [-0.2, 0) is 10.0 Å². The number of benzene rings is 2. The van der Waals surface area contributed by atoms with Gasteiger partial charge < -0.3 is 0 Å². The highest BCUT2D eigenvalue weighted by Crippen LogP contribution is 2.40. The van der Waals surface area contributed by atoms with Crippen molar-refractivity contribution >= 4 is 33.0 Å². The fourth-order valence-electron chi connectivity index (χ4n) is 2.73. The standard InChI is InChI=1S/C20H13ClFN3O2S2/c21-14-5-1-12(2-6-14)18-19(13-3-8-16(9-4-13)29(23,26)27)28-20(25-18)17-10-7-15(22)11-24-17/h1-11H,(H2,23,26,27). The molecule has 0 aliphatic heterocycles. The lowest BCUT2D eigenvalue weighted by molar-refractivity contribution is 0.598. The van der Waals surface area contributed by atoms with E-state index in [2.05, 4.69) is 4.98 Å².